The van der Waals surface area contributed by atoms with Crippen molar-refractivity contribution in [2.75, 3.05) is 16.7 Å². The number of aromatic carboxylic acids is 1. The number of carbonyl (C=O) groups is 1. The highest BCUT2D eigenvalue weighted by atomic mass is 32.2. The molecule has 0 spiro atoms. The standard InChI is InChI=1S/C25H28N2O4S/c1-18(2)15-19-9-12-22(13-10-19)32(30,31)26-23-16-21(25(28)29)11-14-24(23)27(3)17-20-7-5-4-6-8-20/h4-14,16,18,26H,15,17H2,1-3H3,(H,28,29). The number of benzene rings is 3. The Kier molecular flexibility index (Phi) is 7.20. The molecule has 3 rings (SSSR count). The third-order valence-corrected chi connectivity index (χ3v) is 6.42. The molecule has 0 aromatic heterocycles. The number of anilines is 2. The second-order valence-electron chi connectivity index (χ2n) is 8.23. The lowest BCUT2D eigenvalue weighted by molar-refractivity contribution is 0.0697. The van der Waals surface area contributed by atoms with Crippen LogP contribution < -0.4 is 9.62 Å². The molecule has 32 heavy (non-hydrogen) atoms. The molecule has 0 amide bonds. The van der Waals surface area contributed by atoms with Crippen molar-refractivity contribution in [1.82, 2.24) is 0 Å². The number of rotatable bonds is 9. The minimum atomic E-state index is -3.90. The molecule has 0 radical (unpaired) electrons. The zero-order valence-electron chi connectivity index (χ0n) is 18.4. The molecule has 0 aliphatic carbocycles. The summed E-state index contributed by atoms with van der Waals surface area (Å²) in [5, 5.41) is 9.40. The van der Waals surface area contributed by atoms with Crippen LogP contribution in [0.4, 0.5) is 11.4 Å². The van der Waals surface area contributed by atoms with Crippen LogP contribution in [0.5, 0.6) is 0 Å². The first-order chi connectivity index (χ1) is 15.2. The zero-order valence-corrected chi connectivity index (χ0v) is 19.3. The van der Waals surface area contributed by atoms with Crippen LogP contribution in [0.25, 0.3) is 0 Å². The Balaban J connectivity index is 1.92. The average Bonchev–Trinajstić information content (AvgIpc) is 2.74. The Morgan fingerprint density at radius 2 is 1.62 bits per heavy atom. The van der Waals surface area contributed by atoms with E-state index in [0.29, 0.717) is 18.2 Å². The van der Waals surface area contributed by atoms with Crippen molar-refractivity contribution in [3.8, 4) is 0 Å². The fourth-order valence-corrected chi connectivity index (χ4v) is 4.57. The fraction of sp³-hybridized carbons (Fsp3) is 0.240. The van der Waals surface area contributed by atoms with Crippen LogP contribution in [0.15, 0.2) is 77.7 Å². The highest BCUT2D eigenvalue weighted by molar-refractivity contribution is 7.92. The van der Waals surface area contributed by atoms with Gasteiger partial charge in [-0.1, -0.05) is 56.3 Å². The molecule has 3 aromatic carbocycles. The second kappa shape index (κ2) is 9.87. The van der Waals surface area contributed by atoms with E-state index >= 15 is 0 Å². The SMILES string of the molecule is CC(C)Cc1ccc(S(=O)(=O)Nc2cc(C(=O)O)ccc2N(C)Cc2ccccc2)cc1. The Labute approximate surface area is 189 Å². The van der Waals surface area contributed by atoms with Crippen LogP contribution in [0.1, 0.15) is 35.3 Å². The van der Waals surface area contributed by atoms with Crippen LogP contribution >= 0.6 is 0 Å². The van der Waals surface area contributed by atoms with Crippen molar-refractivity contribution in [2.24, 2.45) is 5.92 Å². The molecule has 0 bridgehead atoms. The van der Waals surface area contributed by atoms with Gasteiger partial charge in [0.1, 0.15) is 0 Å². The number of hydrogen-bond acceptors (Lipinski definition) is 4. The van der Waals surface area contributed by atoms with Crippen molar-refractivity contribution in [1.29, 1.82) is 0 Å². The molecular weight excluding hydrogens is 424 g/mol. The second-order valence-corrected chi connectivity index (χ2v) is 9.91. The van der Waals surface area contributed by atoms with Gasteiger partial charge in [0.2, 0.25) is 0 Å². The van der Waals surface area contributed by atoms with Gasteiger partial charge in [-0.15, -0.1) is 0 Å². The number of nitrogens with zero attached hydrogens (tertiary/aromatic N) is 1. The summed E-state index contributed by atoms with van der Waals surface area (Å²) in [5.41, 5.74) is 2.92. The summed E-state index contributed by atoms with van der Waals surface area (Å²) in [5.74, 6) is -0.655. The van der Waals surface area contributed by atoms with Gasteiger partial charge in [-0.25, -0.2) is 13.2 Å². The van der Waals surface area contributed by atoms with Crippen LogP contribution in [-0.4, -0.2) is 26.5 Å². The molecule has 6 nitrogen and oxygen atoms in total. The Bertz CT molecular complexity index is 1170. The summed E-state index contributed by atoms with van der Waals surface area (Å²) >= 11 is 0. The van der Waals surface area contributed by atoms with Gasteiger partial charge in [-0.2, -0.15) is 0 Å². The van der Waals surface area contributed by atoms with Gasteiger partial charge >= 0.3 is 5.97 Å². The first-order valence-electron chi connectivity index (χ1n) is 10.4. The predicted octanol–water partition coefficient (Wildman–Crippen LogP) is 5.02. The minimum Gasteiger partial charge on any atom is -0.478 e. The van der Waals surface area contributed by atoms with Gasteiger partial charge in [-0.05, 0) is 53.8 Å². The van der Waals surface area contributed by atoms with Gasteiger partial charge in [0.05, 0.1) is 21.8 Å². The number of nitrogens with one attached hydrogen (secondary N) is 1. The van der Waals surface area contributed by atoms with Crippen LogP contribution in [-0.2, 0) is 23.0 Å². The summed E-state index contributed by atoms with van der Waals surface area (Å²) in [4.78, 5) is 13.5. The largest absolute Gasteiger partial charge is 0.478 e. The van der Waals surface area contributed by atoms with E-state index in [4.69, 9.17) is 0 Å². The van der Waals surface area contributed by atoms with Crippen molar-refractivity contribution in [3.63, 3.8) is 0 Å². The summed E-state index contributed by atoms with van der Waals surface area (Å²) in [6.07, 6.45) is 0.864. The van der Waals surface area contributed by atoms with Gasteiger partial charge in [0.15, 0.2) is 0 Å². The summed E-state index contributed by atoms with van der Waals surface area (Å²) < 4.78 is 28.7. The van der Waals surface area contributed by atoms with E-state index in [0.717, 1.165) is 17.5 Å². The highest BCUT2D eigenvalue weighted by Crippen LogP contribution is 2.30. The number of hydrogen-bond donors (Lipinski definition) is 2. The first kappa shape index (κ1) is 23.3. The van der Waals surface area contributed by atoms with E-state index in [9.17, 15) is 18.3 Å². The number of carboxylic acid groups (broad SMARTS) is 1. The average molecular weight is 453 g/mol. The Morgan fingerprint density at radius 3 is 2.22 bits per heavy atom. The summed E-state index contributed by atoms with van der Waals surface area (Å²) in [6, 6.07) is 21.0. The molecule has 0 saturated carbocycles. The van der Waals surface area contributed by atoms with Gasteiger partial charge in [-0.3, -0.25) is 4.72 Å². The molecule has 0 atom stereocenters. The zero-order chi connectivity index (χ0) is 23.3. The fourth-order valence-electron chi connectivity index (χ4n) is 3.51. The smallest absolute Gasteiger partial charge is 0.335 e. The monoisotopic (exact) mass is 452 g/mol. The van der Waals surface area contributed by atoms with E-state index in [1.54, 1.807) is 18.2 Å². The van der Waals surface area contributed by atoms with Crippen molar-refractivity contribution in [2.45, 2.75) is 31.7 Å². The van der Waals surface area contributed by atoms with Gasteiger partial charge in [0.25, 0.3) is 10.0 Å². The van der Waals surface area contributed by atoms with Gasteiger partial charge < -0.3 is 10.0 Å². The van der Waals surface area contributed by atoms with Crippen molar-refractivity contribution in [3.05, 3.63) is 89.5 Å². The maximum Gasteiger partial charge on any atom is 0.335 e. The molecule has 0 heterocycles. The lowest BCUT2D eigenvalue weighted by atomic mass is 10.0. The lowest BCUT2D eigenvalue weighted by Gasteiger charge is -2.23. The Hall–Kier alpha value is -3.32. The van der Waals surface area contributed by atoms with E-state index in [1.807, 2.05) is 54.4 Å². The maximum absolute atomic E-state index is 13.1. The third-order valence-electron chi connectivity index (χ3n) is 5.04. The van der Waals surface area contributed by atoms with Crippen molar-refractivity contribution < 1.29 is 18.3 Å². The highest BCUT2D eigenvalue weighted by Gasteiger charge is 2.19. The molecule has 0 unspecified atom stereocenters. The maximum atomic E-state index is 13.1. The van der Waals surface area contributed by atoms with E-state index in [1.165, 1.54) is 12.1 Å². The molecule has 0 fully saturated rings. The number of sulfonamides is 1. The molecule has 0 aliphatic rings. The normalized spacial score (nSPS) is 11.4. The molecule has 0 aliphatic heterocycles. The quantitative estimate of drug-likeness (QED) is 0.476. The summed E-state index contributed by atoms with van der Waals surface area (Å²) in [6.45, 7) is 4.75. The molecular formula is C25H28N2O4S. The molecule has 2 N–H and O–H groups in total. The predicted molar refractivity (Wildman–Crippen MR) is 128 cm³/mol. The summed E-state index contributed by atoms with van der Waals surface area (Å²) in [7, 11) is -2.06. The topological polar surface area (TPSA) is 86.7 Å². The Morgan fingerprint density at radius 1 is 0.969 bits per heavy atom. The van der Waals surface area contributed by atoms with Crippen LogP contribution in [0.3, 0.4) is 0 Å². The van der Waals surface area contributed by atoms with Crippen LogP contribution in [0, 0.1) is 5.92 Å². The number of carboxylic acids is 1. The lowest BCUT2D eigenvalue weighted by Crippen LogP contribution is -2.21. The minimum absolute atomic E-state index is 0.00634. The van der Waals surface area contributed by atoms with Gasteiger partial charge in [0, 0.05) is 13.6 Å². The van der Waals surface area contributed by atoms with E-state index in [2.05, 4.69) is 18.6 Å². The molecule has 3 aromatic rings. The first-order valence-corrected chi connectivity index (χ1v) is 11.9. The third kappa shape index (κ3) is 5.88. The van der Waals surface area contributed by atoms with Crippen molar-refractivity contribution >= 4 is 27.4 Å². The molecule has 7 heteroatoms. The van der Waals surface area contributed by atoms with E-state index < -0.39 is 16.0 Å². The molecule has 168 valence electrons. The van der Waals surface area contributed by atoms with E-state index in [-0.39, 0.29) is 16.1 Å². The molecule has 0 saturated heterocycles. The van der Waals surface area contributed by atoms with Crippen LogP contribution in [0.2, 0.25) is 0 Å².